The Morgan fingerprint density at radius 3 is 2.62 bits per heavy atom. The van der Waals surface area contributed by atoms with E-state index in [-0.39, 0.29) is 10.8 Å². The Hall–Kier alpha value is -1.48. The van der Waals surface area contributed by atoms with Crippen LogP contribution in [0.25, 0.3) is 0 Å². The fraction of sp³-hybridized carbons (Fsp3) is 0.462. The lowest BCUT2D eigenvalue weighted by Crippen LogP contribution is -2.35. The van der Waals surface area contributed by atoms with Crippen LogP contribution in [0, 0.1) is 13.8 Å². The molecule has 0 spiro atoms. The van der Waals surface area contributed by atoms with Crippen LogP contribution in [0.1, 0.15) is 17.5 Å². The van der Waals surface area contributed by atoms with Crippen molar-refractivity contribution >= 4 is 21.6 Å². The number of sulfonamides is 1. The Morgan fingerprint density at radius 1 is 1.43 bits per heavy atom. The average molecular weight is 313 g/mol. The van der Waals surface area contributed by atoms with Gasteiger partial charge in [-0.15, -0.1) is 0 Å². The first kappa shape index (κ1) is 15.9. The van der Waals surface area contributed by atoms with Crippen molar-refractivity contribution in [2.75, 3.05) is 11.9 Å². The fourth-order valence-corrected chi connectivity index (χ4v) is 2.88. The highest BCUT2D eigenvalue weighted by Gasteiger charge is 2.28. The molecular formula is C13H19N3O4S. The summed E-state index contributed by atoms with van der Waals surface area (Å²) in [6.07, 6.45) is -0.210. The van der Waals surface area contributed by atoms with E-state index in [9.17, 15) is 18.3 Å². The predicted octanol–water partition coefficient (Wildman–Crippen LogP) is -0.388. The average Bonchev–Trinajstić information content (AvgIpc) is 2.80. The first-order valence-electron chi connectivity index (χ1n) is 6.55. The first-order chi connectivity index (χ1) is 9.68. The molecule has 1 amide bonds. The molecule has 0 aliphatic carbocycles. The summed E-state index contributed by atoms with van der Waals surface area (Å²) in [5, 5.41) is 20.1. The second-order valence-corrected chi connectivity index (χ2v) is 6.86. The van der Waals surface area contributed by atoms with E-state index in [0.717, 1.165) is 11.1 Å². The molecule has 8 heteroatoms. The summed E-state index contributed by atoms with van der Waals surface area (Å²) >= 11 is 0. The van der Waals surface area contributed by atoms with E-state index in [2.05, 4.69) is 10.6 Å². The lowest BCUT2D eigenvalue weighted by molar-refractivity contribution is -0.117. The molecule has 21 heavy (non-hydrogen) atoms. The molecule has 1 heterocycles. The summed E-state index contributed by atoms with van der Waals surface area (Å²) in [5.74, 6) is -0.305. The van der Waals surface area contributed by atoms with Crippen molar-refractivity contribution in [3.05, 3.63) is 23.3 Å². The third-order valence-electron chi connectivity index (χ3n) is 3.65. The number of hydrogen-bond donors (Lipinski definition) is 4. The number of anilines is 1. The van der Waals surface area contributed by atoms with Crippen molar-refractivity contribution in [2.45, 2.75) is 37.3 Å². The van der Waals surface area contributed by atoms with E-state index in [1.807, 2.05) is 0 Å². The van der Waals surface area contributed by atoms with E-state index < -0.39 is 22.2 Å². The molecule has 0 bridgehead atoms. The van der Waals surface area contributed by atoms with Gasteiger partial charge in [-0.2, -0.15) is 0 Å². The summed E-state index contributed by atoms with van der Waals surface area (Å²) in [4.78, 5) is 12.1. The Bertz CT molecular complexity index is 672. The Kier molecular flexibility index (Phi) is 4.33. The van der Waals surface area contributed by atoms with Gasteiger partial charge in [0.05, 0.1) is 17.0 Å². The van der Waals surface area contributed by atoms with Crippen molar-refractivity contribution < 1.29 is 18.3 Å². The zero-order valence-corrected chi connectivity index (χ0v) is 12.7. The standard InChI is InChI=1S/C13H19N3O4S/c1-7-3-10(21(14,19)20)5-11(8(7)2)16-13(18)12-4-9(17)6-15-12/h3,5,9,12,15,17H,4,6H2,1-2H3,(H,16,18)(H2,14,19,20). The van der Waals surface area contributed by atoms with Crippen LogP contribution >= 0.6 is 0 Å². The molecule has 2 unspecified atom stereocenters. The quantitative estimate of drug-likeness (QED) is 0.605. The largest absolute Gasteiger partial charge is 0.392 e. The number of benzene rings is 1. The molecule has 7 nitrogen and oxygen atoms in total. The monoisotopic (exact) mass is 313 g/mol. The van der Waals surface area contributed by atoms with Gasteiger partial charge in [0.15, 0.2) is 0 Å². The van der Waals surface area contributed by atoms with Crippen LogP contribution < -0.4 is 15.8 Å². The number of aliphatic hydroxyl groups excluding tert-OH is 1. The number of β-amino-alcohol motifs (C(OH)–C–C–N with tert-alkyl or cyclic N) is 1. The number of nitrogens with one attached hydrogen (secondary N) is 2. The molecule has 1 saturated heterocycles. The third kappa shape index (κ3) is 3.59. The fourth-order valence-electron chi connectivity index (χ4n) is 2.26. The van der Waals surface area contributed by atoms with Gasteiger partial charge in [-0.05, 0) is 43.5 Å². The van der Waals surface area contributed by atoms with Gasteiger partial charge >= 0.3 is 0 Å². The van der Waals surface area contributed by atoms with Gasteiger partial charge in [0, 0.05) is 12.2 Å². The smallest absolute Gasteiger partial charge is 0.241 e. The Labute approximate surface area is 123 Å². The molecule has 0 aromatic heterocycles. The van der Waals surface area contributed by atoms with Crippen LogP contribution in [0.5, 0.6) is 0 Å². The molecule has 5 N–H and O–H groups in total. The summed E-state index contributed by atoms with van der Waals surface area (Å²) in [7, 11) is -3.84. The highest BCUT2D eigenvalue weighted by Crippen LogP contribution is 2.24. The summed E-state index contributed by atoms with van der Waals surface area (Å²) < 4.78 is 22.9. The minimum absolute atomic E-state index is 0.0414. The number of hydrogen-bond acceptors (Lipinski definition) is 5. The highest BCUT2D eigenvalue weighted by molar-refractivity contribution is 7.89. The summed E-state index contributed by atoms with van der Waals surface area (Å²) in [6, 6.07) is 2.33. The zero-order valence-electron chi connectivity index (χ0n) is 11.9. The second-order valence-electron chi connectivity index (χ2n) is 5.30. The van der Waals surface area contributed by atoms with Crippen molar-refractivity contribution in [3.63, 3.8) is 0 Å². The van der Waals surface area contributed by atoms with Crippen LogP contribution in [0.4, 0.5) is 5.69 Å². The molecule has 1 aromatic carbocycles. The minimum Gasteiger partial charge on any atom is -0.392 e. The van der Waals surface area contributed by atoms with Crippen molar-refractivity contribution in [2.24, 2.45) is 5.14 Å². The van der Waals surface area contributed by atoms with Gasteiger partial charge in [0.1, 0.15) is 0 Å². The van der Waals surface area contributed by atoms with Crippen LogP contribution in [-0.4, -0.2) is 38.1 Å². The van der Waals surface area contributed by atoms with Gasteiger partial charge in [0.2, 0.25) is 15.9 Å². The normalized spacial score (nSPS) is 22.3. The molecule has 0 saturated carbocycles. The molecule has 1 aromatic rings. The number of carbonyl (C=O) groups is 1. The van der Waals surface area contributed by atoms with Crippen molar-refractivity contribution in [3.8, 4) is 0 Å². The van der Waals surface area contributed by atoms with Crippen LogP contribution in [-0.2, 0) is 14.8 Å². The number of rotatable bonds is 3. The zero-order chi connectivity index (χ0) is 15.8. The maximum Gasteiger partial charge on any atom is 0.241 e. The topological polar surface area (TPSA) is 122 Å². The van der Waals surface area contributed by atoms with Gasteiger partial charge in [-0.1, -0.05) is 0 Å². The number of primary sulfonamides is 1. The minimum atomic E-state index is -3.84. The second kappa shape index (κ2) is 5.72. The van der Waals surface area contributed by atoms with Gasteiger partial charge in [-0.25, -0.2) is 13.6 Å². The SMILES string of the molecule is Cc1cc(S(N)(=O)=O)cc(NC(=O)C2CC(O)CN2)c1C. The highest BCUT2D eigenvalue weighted by atomic mass is 32.2. The molecule has 0 radical (unpaired) electrons. The maximum atomic E-state index is 12.1. The van der Waals surface area contributed by atoms with Crippen LogP contribution in [0.3, 0.4) is 0 Å². The van der Waals surface area contributed by atoms with Crippen LogP contribution in [0.15, 0.2) is 17.0 Å². The van der Waals surface area contributed by atoms with Crippen molar-refractivity contribution in [1.82, 2.24) is 5.32 Å². The number of aryl methyl sites for hydroxylation is 1. The predicted molar refractivity (Wildman–Crippen MR) is 78.3 cm³/mol. The molecule has 2 rings (SSSR count). The Balaban J connectivity index is 2.27. The lowest BCUT2D eigenvalue weighted by Gasteiger charge is -2.15. The van der Waals surface area contributed by atoms with E-state index >= 15 is 0 Å². The number of amides is 1. The molecule has 1 fully saturated rings. The summed E-state index contributed by atoms with van der Waals surface area (Å²) in [5.41, 5.74) is 1.90. The van der Waals surface area contributed by atoms with E-state index in [4.69, 9.17) is 5.14 Å². The first-order valence-corrected chi connectivity index (χ1v) is 8.09. The molecular weight excluding hydrogens is 294 g/mol. The van der Waals surface area contributed by atoms with Crippen LogP contribution in [0.2, 0.25) is 0 Å². The van der Waals surface area contributed by atoms with Gasteiger partial charge in [-0.3, -0.25) is 4.79 Å². The Morgan fingerprint density at radius 2 is 2.10 bits per heavy atom. The molecule has 116 valence electrons. The third-order valence-corrected chi connectivity index (χ3v) is 4.54. The lowest BCUT2D eigenvalue weighted by atomic mass is 10.1. The van der Waals surface area contributed by atoms with E-state index in [0.29, 0.717) is 18.7 Å². The molecule has 2 atom stereocenters. The summed E-state index contributed by atoms with van der Waals surface area (Å²) in [6.45, 7) is 3.90. The van der Waals surface area contributed by atoms with Gasteiger partial charge < -0.3 is 15.7 Å². The molecule has 1 aliphatic heterocycles. The van der Waals surface area contributed by atoms with E-state index in [1.165, 1.54) is 12.1 Å². The molecule has 1 aliphatic rings. The van der Waals surface area contributed by atoms with Crippen molar-refractivity contribution in [1.29, 1.82) is 0 Å². The number of aliphatic hydroxyl groups is 1. The van der Waals surface area contributed by atoms with Gasteiger partial charge in [0.25, 0.3) is 0 Å². The number of nitrogens with two attached hydrogens (primary N) is 1. The number of carbonyl (C=O) groups excluding carboxylic acids is 1. The maximum absolute atomic E-state index is 12.1. The van der Waals surface area contributed by atoms with E-state index in [1.54, 1.807) is 13.8 Å².